The average Bonchev–Trinajstić information content (AvgIpc) is 2.77. The van der Waals surface area contributed by atoms with Crippen molar-refractivity contribution in [2.75, 3.05) is 59.0 Å². The smallest absolute Gasteiger partial charge is 0.223 e. The molecule has 0 spiro atoms. The highest BCUT2D eigenvalue weighted by Crippen LogP contribution is 2.33. The Morgan fingerprint density at radius 2 is 1.74 bits per heavy atom. The van der Waals surface area contributed by atoms with E-state index < -0.39 is 0 Å². The van der Waals surface area contributed by atoms with Crippen LogP contribution in [0.5, 0.6) is 0 Å². The molecule has 0 N–H and O–H groups in total. The molecular formula is C21H37N3O3. The standard InChI is InChI=1S/C21H37N3O3/c1-21(2,3)15-20(26)24-7-4-17-14-19(25)23(6-5-18(17)16-24)9-8-22-10-12-27-13-11-22/h17-18H,4-16H2,1-3H3. The number of piperidine rings is 1. The van der Waals surface area contributed by atoms with Crippen LogP contribution >= 0.6 is 0 Å². The van der Waals surface area contributed by atoms with Gasteiger partial charge in [-0.2, -0.15) is 0 Å². The molecule has 0 aliphatic carbocycles. The van der Waals surface area contributed by atoms with E-state index in [-0.39, 0.29) is 11.3 Å². The fraction of sp³-hybridized carbons (Fsp3) is 0.905. The molecule has 0 aromatic rings. The van der Waals surface area contributed by atoms with Crippen molar-refractivity contribution in [1.29, 1.82) is 0 Å². The zero-order valence-corrected chi connectivity index (χ0v) is 17.4. The highest BCUT2D eigenvalue weighted by Gasteiger charge is 2.36. The van der Waals surface area contributed by atoms with Gasteiger partial charge in [0.15, 0.2) is 0 Å². The van der Waals surface area contributed by atoms with E-state index in [1.54, 1.807) is 0 Å². The zero-order chi connectivity index (χ0) is 19.4. The number of rotatable bonds is 4. The second-order valence-electron chi connectivity index (χ2n) is 9.71. The van der Waals surface area contributed by atoms with Crippen molar-refractivity contribution < 1.29 is 14.3 Å². The molecule has 0 bridgehead atoms. The normalized spacial score (nSPS) is 28.0. The van der Waals surface area contributed by atoms with Gasteiger partial charge in [-0.25, -0.2) is 0 Å². The van der Waals surface area contributed by atoms with Gasteiger partial charge < -0.3 is 14.5 Å². The second kappa shape index (κ2) is 8.91. The number of hydrogen-bond donors (Lipinski definition) is 0. The summed E-state index contributed by atoms with van der Waals surface area (Å²) in [6.07, 6.45) is 3.27. The van der Waals surface area contributed by atoms with Gasteiger partial charge in [0.1, 0.15) is 0 Å². The molecule has 3 aliphatic rings. The highest BCUT2D eigenvalue weighted by molar-refractivity contribution is 5.78. The SMILES string of the molecule is CC(C)(C)CC(=O)N1CCC2CC(=O)N(CCN3CCOCC3)CCC2C1. The van der Waals surface area contributed by atoms with Crippen LogP contribution < -0.4 is 0 Å². The fourth-order valence-electron chi connectivity index (χ4n) is 4.59. The molecule has 6 nitrogen and oxygen atoms in total. The van der Waals surface area contributed by atoms with Crippen molar-refractivity contribution in [2.24, 2.45) is 17.3 Å². The summed E-state index contributed by atoms with van der Waals surface area (Å²) in [7, 11) is 0. The average molecular weight is 380 g/mol. The fourth-order valence-corrected chi connectivity index (χ4v) is 4.59. The van der Waals surface area contributed by atoms with Gasteiger partial charge in [-0.15, -0.1) is 0 Å². The molecule has 3 aliphatic heterocycles. The molecule has 2 atom stereocenters. The van der Waals surface area contributed by atoms with Crippen molar-refractivity contribution in [2.45, 2.75) is 46.5 Å². The minimum atomic E-state index is 0.0314. The summed E-state index contributed by atoms with van der Waals surface area (Å²) >= 11 is 0. The Labute approximate surface area is 164 Å². The number of hydrogen-bond acceptors (Lipinski definition) is 4. The molecule has 0 aromatic carbocycles. The number of nitrogens with zero attached hydrogens (tertiary/aromatic N) is 3. The number of carbonyl (C=O) groups is 2. The summed E-state index contributed by atoms with van der Waals surface area (Å²) in [6.45, 7) is 14.2. The van der Waals surface area contributed by atoms with Gasteiger partial charge in [-0.1, -0.05) is 20.8 Å². The summed E-state index contributed by atoms with van der Waals surface area (Å²) in [5, 5.41) is 0. The van der Waals surface area contributed by atoms with Crippen LogP contribution in [0.25, 0.3) is 0 Å². The van der Waals surface area contributed by atoms with Crippen LogP contribution in [-0.4, -0.2) is 85.5 Å². The first-order valence-electron chi connectivity index (χ1n) is 10.7. The molecule has 0 aromatic heterocycles. The predicted molar refractivity (Wildman–Crippen MR) is 105 cm³/mol. The first-order valence-corrected chi connectivity index (χ1v) is 10.7. The molecule has 3 rings (SSSR count). The van der Waals surface area contributed by atoms with E-state index in [2.05, 4.69) is 35.5 Å². The number of fused-ring (bicyclic) bond motifs is 1. The van der Waals surface area contributed by atoms with Crippen LogP contribution in [0.4, 0.5) is 0 Å². The first-order chi connectivity index (χ1) is 12.8. The number of carbonyl (C=O) groups excluding carboxylic acids is 2. The van der Waals surface area contributed by atoms with Crippen LogP contribution in [-0.2, 0) is 14.3 Å². The maximum atomic E-state index is 12.7. The lowest BCUT2D eigenvalue weighted by Crippen LogP contribution is -2.44. The molecular weight excluding hydrogens is 342 g/mol. The van der Waals surface area contributed by atoms with E-state index in [4.69, 9.17) is 4.74 Å². The van der Waals surface area contributed by atoms with Gasteiger partial charge >= 0.3 is 0 Å². The quantitative estimate of drug-likeness (QED) is 0.748. The van der Waals surface area contributed by atoms with Crippen LogP contribution in [0.3, 0.4) is 0 Å². The molecule has 2 unspecified atom stereocenters. The summed E-state index contributed by atoms with van der Waals surface area (Å²) in [5.41, 5.74) is 0.0314. The molecule has 2 amide bonds. The van der Waals surface area contributed by atoms with Crippen molar-refractivity contribution >= 4 is 11.8 Å². The van der Waals surface area contributed by atoms with Gasteiger partial charge in [0, 0.05) is 58.7 Å². The van der Waals surface area contributed by atoms with Crippen molar-refractivity contribution in [1.82, 2.24) is 14.7 Å². The molecule has 3 saturated heterocycles. The molecule has 3 heterocycles. The monoisotopic (exact) mass is 379 g/mol. The minimum Gasteiger partial charge on any atom is -0.379 e. The third-order valence-corrected chi connectivity index (χ3v) is 6.27. The van der Waals surface area contributed by atoms with Gasteiger partial charge in [0.05, 0.1) is 13.2 Å². The van der Waals surface area contributed by atoms with Crippen molar-refractivity contribution in [3.8, 4) is 0 Å². The van der Waals surface area contributed by atoms with E-state index in [1.807, 2.05) is 0 Å². The lowest BCUT2D eigenvalue weighted by molar-refractivity contribution is -0.136. The Bertz CT molecular complexity index is 525. The predicted octanol–water partition coefficient (Wildman–Crippen LogP) is 1.84. The number of morpholine rings is 1. The topological polar surface area (TPSA) is 53.1 Å². The highest BCUT2D eigenvalue weighted by atomic mass is 16.5. The van der Waals surface area contributed by atoms with E-state index in [0.29, 0.717) is 30.6 Å². The number of ether oxygens (including phenoxy) is 1. The van der Waals surface area contributed by atoms with E-state index >= 15 is 0 Å². The summed E-state index contributed by atoms with van der Waals surface area (Å²) in [6, 6.07) is 0. The lowest BCUT2D eigenvalue weighted by Gasteiger charge is -2.38. The third-order valence-electron chi connectivity index (χ3n) is 6.27. The number of amides is 2. The Morgan fingerprint density at radius 1 is 1.04 bits per heavy atom. The Morgan fingerprint density at radius 3 is 2.44 bits per heavy atom. The van der Waals surface area contributed by atoms with Crippen molar-refractivity contribution in [3.05, 3.63) is 0 Å². The Balaban J connectivity index is 1.51. The molecule has 0 radical (unpaired) electrons. The van der Waals surface area contributed by atoms with Crippen LogP contribution in [0.2, 0.25) is 0 Å². The largest absolute Gasteiger partial charge is 0.379 e. The minimum absolute atomic E-state index is 0.0314. The molecule has 0 saturated carbocycles. The lowest BCUT2D eigenvalue weighted by atomic mass is 9.81. The van der Waals surface area contributed by atoms with Gasteiger partial charge in [0.2, 0.25) is 11.8 Å². The second-order valence-corrected chi connectivity index (χ2v) is 9.71. The molecule has 27 heavy (non-hydrogen) atoms. The summed E-state index contributed by atoms with van der Waals surface area (Å²) < 4.78 is 5.40. The van der Waals surface area contributed by atoms with Crippen molar-refractivity contribution in [3.63, 3.8) is 0 Å². The molecule has 6 heteroatoms. The number of likely N-dealkylation sites (tertiary alicyclic amines) is 2. The maximum absolute atomic E-state index is 12.7. The van der Waals surface area contributed by atoms with Gasteiger partial charge in [0.25, 0.3) is 0 Å². The van der Waals surface area contributed by atoms with Crippen LogP contribution in [0, 0.1) is 17.3 Å². The van der Waals surface area contributed by atoms with Gasteiger partial charge in [-0.05, 0) is 30.1 Å². The zero-order valence-electron chi connectivity index (χ0n) is 17.4. The summed E-state index contributed by atoms with van der Waals surface area (Å²) in [5.74, 6) is 1.51. The summed E-state index contributed by atoms with van der Waals surface area (Å²) in [4.78, 5) is 31.9. The maximum Gasteiger partial charge on any atom is 0.223 e. The Hall–Kier alpha value is -1.14. The van der Waals surface area contributed by atoms with E-state index in [1.165, 1.54) is 0 Å². The van der Waals surface area contributed by atoms with Gasteiger partial charge in [-0.3, -0.25) is 14.5 Å². The van der Waals surface area contributed by atoms with Crippen LogP contribution in [0.15, 0.2) is 0 Å². The molecule has 3 fully saturated rings. The Kier molecular flexibility index (Phi) is 6.79. The molecule has 154 valence electrons. The van der Waals surface area contributed by atoms with Crippen LogP contribution in [0.1, 0.15) is 46.5 Å². The first kappa shape index (κ1) is 20.6. The van der Waals surface area contributed by atoms with E-state index in [0.717, 1.165) is 71.9 Å². The third kappa shape index (κ3) is 5.92. The van der Waals surface area contributed by atoms with E-state index in [9.17, 15) is 9.59 Å².